The molecule has 8 heteroatoms. The molecule has 176 valence electrons. The van der Waals surface area contributed by atoms with Gasteiger partial charge in [-0.05, 0) is 55.7 Å². The van der Waals surface area contributed by atoms with Crippen LogP contribution >= 0.6 is 0 Å². The Kier molecular flexibility index (Phi) is 6.29. The summed E-state index contributed by atoms with van der Waals surface area (Å²) in [6, 6.07) is 13.9. The lowest BCUT2D eigenvalue weighted by molar-refractivity contribution is -0.134. The second-order valence-electron chi connectivity index (χ2n) is 8.63. The van der Waals surface area contributed by atoms with Gasteiger partial charge in [0, 0.05) is 26.1 Å². The van der Waals surface area contributed by atoms with Crippen LogP contribution in [0.3, 0.4) is 0 Å². The first kappa shape index (κ1) is 22.1. The summed E-state index contributed by atoms with van der Waals surface area (Å²) in [5.74, 6) is 1.83. The summed E-state index contributed by atoms with van der Waals surface area (Å²) >= 11 is 0. The lowest BCUT2D eigenvalue weighted by atomic mass is 10.1. The third kappa shape index (κ3) is 4.81. The minimum Gasteiger partial charge on any atom is -0.484 e. The number of carbonyl (C=O) groups excluding carboxylic acids is 1. The van der Waals surface area contributed by atoms with Crippen LogP contribution in [0.25, 0.3) is 0 Å². The van der Waals surface area contributed by atoms with Crippen LogP contribution in [-0.2, 0) is 17.8 Å². The van der Waals surface area contributed by atoms with E-state index in [1.807, 2.05) is 30.3 Å². The highest BCUT2D eigenvalue weighted by Crippen LogP contribution is 2.32. The Labute approximate surface area is 198 Å². The summed E-state index contributed by atoms with van der Waals surface area (Å²) in [6.07, 6.45) is 2.82. The Morgan fingerprint density at radius 1 is 1.03 bits per heavy atom. The van der Waals surface area contributed by atoms with Gasteiger partial charge in [-0.1, -0.05) is 18.2 Å². The Morgan fingerprint density at radius 2 is 1.82 bits per heavy atom. The number of fused-ring (bicyclic) bond motifs is 1. The van der Waals surface area contributed by atoms with Crippen molar-refractivity contribution in [2.75, 3.05) is 31.1 Å². The van der Waals surface area contributed by atoms with E-state index in [1.54, 1.807) is 24.0 Å². The van der Waals surface area contributed by atoms with E-state index in [0.29, 0.717) is 48.4 Å². The van der Waals surface area contributed by atoms with Crippen LogP contribution in [0.2, 0.25) is 0 Å². The first-order chi connectivity index (χ1) is 16.6. The molecule has 1 amide bonds. The molecule has 34 heavy (non-hydrogen) atoms. The van der Waals surface area contributed by atoms with Crippen LogP contribution in [0.4, 0.5) is 10.3 Å². The predicted molar refractivity (Wildman–Crippen MR) is 126 cm³/mol. The number of para-hydroxylation sites is 1. The van der Waals surface area contributed by atoms with E-state index >= 15 is 0 Å². The van der Waals surface area contributed by atoms with E-state index in [0.717, 1.165) is 37.2 Å². The van der Waals surface area contributed by atoms with E-state index in [4.69, 9.17) is 19.4 Å². The average Bonchev–Trinajstić information content (AvgIpc) is 3.40. The number of benzene rings is 2. The summed E-state index contributed by atoms with van der Waals surface area (Å²) in [7, 11) is 0. The largest absolute Gasteiger partial charge is 0.484 e. The van der Waals surface area contributed by atoms with Crippen LogP contribution in [-0.4, -0.2) is 47.0 Å². The smallest absolute Gasteiger partial charge is 0.260 e. The summed E-state index contributed by atoms with van der Waals surface area (Å²) in [5.41, 5.74) is 2.16. The highest BCUT2D eigenvalue weighted by molar-refractivity contribution is 5.78. The van der Waals surface area contributed by atoms with Crippen LogP contribution in [0, 0.1) is 12.7 Å². The topological polar surface area (TPSA) is 67.8 Å². The molecule has 1 saturated heterocycles. The molecule has 0 bridgehead atoms. The molecule has 2 aliphatic rings. The standard InChI is InChI=1S/C26H27FN4O3/c1-18-15-20(9-10-22(18)27)34-25-21-16-31(24(32)17-33-19-7-3-2-4-8-19)14-11-23(21)28-26(29-25)30-12-5-6-13-30/h2-4,7-10,15H,5-6,11-14,16-17H2,1H3. The Morgan fingerprint density at radius 3 is 2.59 bits per heavy atom. The molecule has 0 N–H and O–H groups in total. The van der Waals surface area contributed by atoms with Crippen molar-refractivity contribution in [3.8, 4) is 17.4 Å². The lowest BCUT2D eigenvalue weighted by Gasteiger charge is -2.30. The molecule has 0 radical (unpaired) electrons. The maximum atomic E-state index is 13.8. The Balaban J connectivity index is 1.39. The summed E-state index contributed by atoms with van der Waals surface area (Å²) in [5, 5.41) is 0. The molecule has 0 atom stereocenters. The van der Waals surface area contributed by atoms with Gasteiger partial charge in [0.2, 0.25) is 11.8 Å². The van der Waals surface area contributed by atoms with Crippen LogP contribution in [0.15, 0.2) is 48.5 Å². The summed E-state index contributed by atoms with van der Waals surface area (Å²) < 4.78 is 25.6. The molecular formula is C26H27FN4O3. The number of hydrogen-bond donors (Lipinski definition) is 0. The van der Waals surface area contributed by atoms with Crippen molar-refractivity contribution in [2.24, 2.45) is 0 Å². The Bertz CT molecular complexity index is 1180. The highest BCUT2D eigenvalue weighted by Gasteiger charge is 2.28. The fourth-order valence-electron chi connectivity index (χ4n) is 4.27. The normalized spacial score (nSPS) is 15.2. The number of hydrogen-bond acceptors (Lipinski definition) is 6. The zero-order valence-electron chi connectivity index (χ0n) is 19.2. The minimum atomic E-state index is -0.287. The van der Waals surface area contributed by atoms with Crippen LogP contribution in [0.5, 0.6) is 17.4 Å². The third-order valence-electron chi connectivity index (χ3n) is 6.20. The van der Waals surface area contributed by atoms with E-state index in [-0.39, 0.29) is 18.3 Å². The minimum absolute atomic E-state index is 0.0422. The van der Waals surface area contributed by atoms with Gasteiger partial charge in [-0.25, -0.2) is 9.37 Å². The van der Waals surface area contributed by atoms with Gasteiger partial charge in [0.05, 0.1) is 17.8 Å². The molecule has 0 spiro atoms. The van der Waals surface area contributed by atoms with Gasteiger partial charge in [0.25, 0.3) is 5.91 Å². The number of aromatic nitrogens is 2. The maximum Gasteiger partial charge on any atom is 0.260 e. The van der Waals surface area contributed by atoms with Crippen LogP contribution in [0.1, 0.15) is 29.7 Å². The fourth-order valence-corrected chi connectivity index (χ4v) is 4.27. The molecule has 3 aromatic rings. The van der Waals surface area contributed by atoms with Crippen molar-refractivity contribution in [3.05, 3.63) is 71.2 Å². The molecule has 3 heterocycles. The van der Waals surface area contributed by atoms with Crippen LogP contribution < -0.4 is 14.4 Å². The quantitative estimate of drug-likeness (QED) is 0.545. The number of halogens is 1. The number of carbonyl (C=O) groups is 1. The summed E-state index contributed by atoms with van der Waals surface area (Å²) in [4.78, 5) is 26.3. The first-order valence-corrected chi connectivity index (χ1v) is 11.6. The van der Waals surface area contributed by atoms with Crippen molar-refractivity contribution in [2.45, 2.75) is 32.7 Å². The Hall–Kier alpha value is -3.68. The number of aryl methyl sites for hydroxylation is 1. The number of anilines is 1. The van der Waals surface area contributed by atoms with E-state index < -0.39 is 0 Å². The molecule has 2 aromatic carbocycles. The van der Waals surface area contributed by atoms with Gasteiger partial charge >= 0.3 is 0 Å². The lowest BCUT2D eigenvalue weighted by Crippen LogP contribution is -2.39. The molecule has 1 aromatic heterocycles. The zero-order valence-corrected chi connectivity index (χ0v) is 19.2. The van der Waals surface area contributed by atoms with E-state index in [1.165, 1.54) is 6.07 Å². The molecule has 1 fully saturated rings. The van der Waals surface area contributed by atoms with Gasteiger partial charge in [-0.3, -0.25) is 4.79 Å². The van der Waals surface area contributed by atoms with Crippen molar-refractivity contribution < 1.29 is 18.7 Å². The molecule has 2 aliphatic heterocycles. The molecule has 7 nitrogen and oxygen atoms in total. The van der Waals surface area contributed by atoms with Crippen molar-refractivity contribution in [3.63, 3.8) is 0 Å². The molecular weight excluding hydrogens is 435 g/mol. The maximum absolute atomic E-state index is 13.8. The fraction of sp³-hybridized carbons (Fsp3) is 0.346. The van der Waals surface area contributed by atoms with Gasteiger partial charge in [0.1, 0.15) is 17.3 Å². The SMILES string of the molecule is Cc1cc(Oc2nc(N3CCCC3)nc3c2CN(C(=O)COc2ccccc2)CC3)ccc1F. The van der Waals surface area contributed by atoms with Gasteiger partial charge in [0.15, 0.2) is 6.61 Å². The van der Waals surface area contributed by atoms with Gasteiger partial charge < -0.3 is 19.3 Å². The first-order valence-electron chi connectivity index (χ1n) is 11.6. The third-order valence-corrected chi connectivity index (χ3v) is 6.20. The van der Waals surface area contributed by atoms with E-state index in [9.17, 15) is 9.18 Å². The second kappa shape index (κ2) is 9.67. The van der Waals surface area contributed by atoms with E-state index in [2.05, 4.69) is 4.90 Å². The second-order valence-corrected chi connectivity index (χ2v) is 8.63. The molecule has 0 aliphatic carbocycles. The van der Waals surface area contributed by atoms with Crippen molar-refractivity contribution in [1.29, 1.82) is 0 Å². The number of rotatable bonds is 6. The number of amides is 1. The monoisotopic (exact) mass is 462 g/mol. The predicted octanol–water partition coefficient (Wildman–Crippen LogP) is 4.28. The van der Waals surface area contributed by atoms with Gasteiger partial charge in [-0.15, -0.1) is 0 Å². The average molecular weight is 463 g/mol. The number of ether oxygens (including phenoxy) is 2. The number of nitrogens with zero attached hydrogens (tertiary/aromatic N) is 4. The van der Waals surface area contributed by atoms with Crippen molar-refractivity contribution in [1.82, 2.24) is 14.9 Å². The molecule has 0 saturated carbocycles. The zero-order chi connectivity index (χ0) is 23.5. The van der Waals surface area contributed by atoms with Gasteiger partial charge in [-0.2, -0.15) is 4.98 Å². The molecule has 5 rings (SSSR count). The molecule has 0 unspecified atom stereocenters. The highest BCUT2D eigenvalue weighted by atomic mass is 19.1. The van der Waals surface area contributed by atoms with Crippen molar-refractivity contribution >= 4 is 11.9 Å². The summed E-state index contributed by atoms with van der Waals surface area (Å²) in [6.45, 7) is 4.36.